The lowest BCUT2D eigenvalue weighted by molar-refractivity contribution is -0.870. The molecular formula is C76H129NO8. The number of allylic oxidation sites excluding steroid dienone is 20. The Balaban J connectivity index is 4.13. The summed E-state index contributed by atoms with van der Waals surface area (Å²) in [6.07, 6.45) is 89.8. The lowest BCUT2D eigenvalue weighted by atomic mass is 10.0. The number of carboxylic acid groups (broad SMARTS) is 1. The summed E-state index contributed by atoms with van der Waals surface area (Å²) < 4.78 is 22.8. The highest BCUT2D eigenvalue weighted by Gasteiger charge is 2.22. The minimum atomic E-state index is -1.63. The number of ether oxygens (including phenoxy) is 4. The van der Waals surface area contributed by atoms with Crippen LogP contribution in [-0.2, 0) is 33.3 Å². The number of carbonyl (C=O) groups excluding carboxylic acids is 3. The number of hydrogen-bond acceptors (Lipinski definition) is 8. The van der Waals surface area contributed by atoms with E-state index in [4.69, 9.17) is 18.9 Å². The first-order valence-corrected chi connectivity index (χ1v) is 34.7. The third-order valence-electron chi connectivity index (χ3n) is 14.7. The van der Waals surface area contributed by atoms with Gasteiger partial charge >= 0.3 is 11.9 Å². The summed E-state index contributed by atoms with van der Waals surface area (Å²) in [5, 5.41) is 11.8. The molecule has 85 heavy (non-hydrogen) atoms. The lowest BCUT2D eigenvalue weighted by Crippen LogP contribution is -2.44. The van der Waals surface area contributed by atoms with Crippen molar-refractivity contribution in [3.63, 3.8) is 0 Å². The molecule has 9 heteroatoms. The summed E-state index contributed by atoms with van der Waals surface area (Å²) in [7, 11) is 5.92. The van der Waals surface area contributed by atoms with Crippen LogP contribution < -0.4 is 5.11 Å². The number of aliphatic carboxylic acids is 1. The molecule has 0 N–H and O–H groups in total. The molecular weight excluding hydrogens is 1050 g/mol. The van der Waals surface area contributed by atoms with Crippen LogP contribution in [0.3, 0.4) is 0 Å². The molecule has 0 heterocycles. The van der Waals surface area contributed by atoms with Crippen LogP contribution in [0.25, 0.3) is 0 Å². The highest BCUT2D eigenvalue weighted by atomic mass is 16.7. The molecule has 2 atom stereocenters. The van der Waals surface area contributed by atoms with Gasteiger partial charge in [0.15, 0.2) is 12.4 Å². The number of unbranched alkanes of at least 4 members (excludes halogenated alkanes) is 28. The van der Waals surface area contributed by atoms with E-state index in [-0.39, 0.29) is 38.6 Å². The number of carbonyl (C=O) groups is 3. The van der Waals surface area contributed by atoms with Crippen molar-refractivity contribution in [2.45, 2.75) is 296 Å². The van der Waals surface area contributed by atoms with Crippen LogP contribution in [0.5, 0.6) is 0 Å². The molecule has 0 aromatic carbocycles. The normalized spacial score (nSPS) is 13.5. The van der Waals surface area contributed by atoms with E-state index in [1.54, 1.807) is 0 Å². The van der Waals surface area contributed by atoms with E-state index in [1.807, 2.05) is 21.1 Å². The molecule has 9 nitrogen and oxygen atoms in total. The van der Waals surface area contributed by atoms with Gasteiger partial charge in [-0.25, -0.2) is 0 Å². The molecule has 0 aromatic heterocycles. The minimum absolute atomic E-state index is 0.142. The number of hydrogen-bond donors (Lipinski definition) is 0. The van der Waals surface area contributed by atoms with Gasteiger partial charge in [-0.2, -0.15) is 0 Å². The fourth-order valence-electron chi connectivity index (χ4n) is 9.41. The Bertz CT molecular complexity index is 1810. The van der Waals surface area contributed by atoms with Gasteiger partial charge in [0.05, 0.1) is 40.3 Å². The van der Waals surface area contributed by atoms with E-state index in [0.717, 1.165) is 109 Å². The fourth-order valence-corrected chi connectivity index (χ4v) is 9.41. The van der Waals surface area contributed by atoms with Crippen LogP contribution in [0.15, 0.2) is 122 Å². The molecule has 0 spiro atoms. The van der Waals surface area contributed by atoms with Gasteiger partial charge in [-0.15, -0.1) is 0 Å². The third kappa shape index (κ3) is 67.1. The van der Waals surface area contributed by atoms with Crippen molar-refractivity contribution in [1.82, 2.24) is 0 Å². The molecule has 0 rings (SSSR count). The molecule has 0 saturated carbocycles. The van der Waals surface area contributed by atoms with E-state index >= 15 is 0 Å². The predicted octanol–water partition coefficient (Wildman–Crippen LogP) is 20.2. The highest BCUT2D eigenvalue weighted by Crippen LogP contribution is 2.17. The number of likely N-dealkylation sites (N-methyl/N-ethyl adjacent to an activating group) is 1. The molecule has 0 aliphatic rings. The van der Waals surface area contributed by atoms with Crippen molar-refractivity contribution in [3.05, 3.63) is 122 Å². The molecule has 0 saturated heterocycles. The van der Waals surface area contributed by atoms with Gasteiger partial charge in [0.25, 0.3) is 0 Å². The van der Waals surface area contributed by atoms with Gasteiger partial charge in [0, 0.05) is 12.8 Å². The quantitative estimate of drug-likeness (QED) is 0.0195. The Labute approximate surface area is 523 Å². The van der Waals surface area contributed by atoms with Crippen LogP contribution in [0.2, 0.25) is 0 Å². The third-order valence-corrected chi connectivity index (χ3v) is 14.7. The van der Waals surface area contributed by atoms with Crippen molar-refractivity contribution < 1.29 is 42.9 Å². The van der Waals surface area contributed by atoms with Crippen molar-refractivity contribution in [3.8, 4) is 0 Å². The number of rotatable bonds is 63. The largest absolute Gasteiger partial charge is 0.545 e. The summed E-state index contributed by atoms with van der Waals surface area (Å²) >= 11 is 0. The fraction of sp³-hybridized carbons (Fsp3) is 0.697. The van der Waals surface area contributed by atoms with E-state index in [9.17, 15) is 19.5 Å². The highest BCUT2D eigenvalue weighted by molar-refractivity contribution is 5.70. The van der Waals surface area contributed by atoms with E-state index in [0.29, 0.717) is 17.4 Å². The van der Waals surface area contributed by atoms with Crippen LogP contribution >= 0.6 is 0 Å². The Kier molecular flexibility index (Phi) is 62.3. The molecule has 2 unspecified atom stereocenters. The van der Waals surface area contributed by atoms with Crippen molar-refractivity contribution in [2.75, 3.05) is 47.5 Å². The van der Waals surface area contributed by atoms with E-state index in [2.05, 4.69) is 135 Å². The Morgan fingerprint density at radius 3 is 1.00 bits per heavy atom. The van der Waals surface area contributed by atoms with Crippen LogP contribution in [-0.4, -0.2) is 82.3 Å². The maximum absolute atomic E-state index is 12.9. The minimum Gasteiger partial charge on any atom is -0.545 e. The predicted molar refractivity (Wildman–Crippen MR) is 361 cm³/mol. The molecule has 0 radical (unpaired) electrons. The molecule has 0 fully saturated rings. The van der Waals surface area contributed by atoms with Crippen LogP contribution in [0.4, 0.5) is 0 Å². The van der Waals surface area contributed by atoms with Crippen LogP contribution in [0, 0.1) is 0 Å². The second-order valence-electron chi connectivity index (χ2n) is 24.1. The second-order valence-corrected chi connectivity index (χ2v) is 24.1. The van der Waals surface area contributed by atoms with Crippen molar-refractivity contribution in [1.29, 1.82) is 0 Å². The van der Waals surface area contributed by atoms with Gasteiger partial charge in [0.1, 0.15) is 13.2 Å². The lowest BCUT2D eigenvalue weighted by Gasteiger charge is -2.26. The number of esters is 2. The molecule has 486 valence electrons. The Morgan fingerprint density at radius 1 is 0.365 bits per heavy atom. The van der Waals surface area contributed by atoms with Gasteiger partial charge in [0.2, 0.25) is 0 Å². The Hall–Kier alpha value is -4.31. The second kappa shape index (κ2) is 65.7. The van der Waals surface area contributed by atoms with E-state index in [1.165, 1.54) is 141 Å². The van der Waals surface area contributed by atoms with Crippen LogP contribution in [0.1, 0.15) is 284 Å². The van der Waals surface area contributed by atoms with Crippen molar-refractivity contribution in [2.24, 2.45) is 0 Å². The topological polar surface area (TPSA) is 111 Å². The first kappa shape index (κ1) is 80.7. The van der Waals surface area contributed by atoms with Gasteiger partial charge in [-0.3, -0.25) is 9.59 Å². The number of quaternary nitrogens is 1. The maximum Gasteiger partial charge on any atom is 0.306 e. The average molecular weight is 1180 g/mol. The summed E-state index contributed by atoms with van der Waals surface area (Å²) in [4.78, 5) is 37.5. The SMILES string of the molecule is CC/C=C\C/C=C\C/C=C\C/C=C\C/C=C\C/C=C\C/C=C\CCCCCCCCCCCCCCCCCC(=O)OC(COC(=O)CCCCCCCCCC/C=C\C/C=C\C/C=C\CCCCCCC)COC(OCC[N+](C)(C)C)C(=O)[O-]. The first-order chi connectivity index (χ1) is 41.6. The van der Waals surface area contributed by atoms with E-state index < -0.39 is 24.3 Å². The van der Waals surface area contributed by atoms with Gasteiger partial charge < -0.3 is 33.3 Å². The van der Waals surface area contributed by atoms with Crippen molar-refractivity contribution >= 4 is 17.9 Å². The smallest absolute Gasteiger partial charge is 0.306 e. The summed E-state index contributed by atoms with van der Waals surface area (Å²) in [5.74, 6) is -2.29. The summed E-state index contributed by atoms with van der Waals surface area (Å²) in [6, 6.07) is 0. The molecule has 0 amide bonds. The zero-order valence-corrected chi connectivity index (χ0v) is 55.4. The molecule has 0 aliphatic heterocycles. The summed E-state index contributed by atoms with van der Waals surface area (Å²) in [5.41, 5.74) is 0. The number of carboxylic acids is 1. The summed E-state index contributed by atoms with van der Waals surface area (Å²) in [6.45, 7) is 4.63. The first-order valence-electron chi connectivity index (χ1n) is 34.7. The zero-order valence-electron chi connectivity index (χ0n) is 55.4. The number of nitrogens with zero attached hydrogens (tertiary/aromatic N) is 1. The zero-order chi connectivity index (χ0) is 61.9. The molecule has 0 aliphatic carbocycles. The Morgan fingerprint density at radius 2 is 0.671 bits per heavy atom. The molecule has 0 bridgehead atoms. The van der Waals surface area contributed by atoms with Gasteiger partial charge in [-0.05, 0) is 109 Å². The van der Waals surface area contributed by atoms with Gasteiger partial charge in [-0.1, -0.05) is 283 Å². The average Bonchev–Trinajstić information content (AvgIpc) is 3.48. The standard InChI is InChI=1S/C76H129NO8/c1-6-8-10-12-14-16-18-20-22-24-26-28-30-31-32-33-34-35-36-37-38-39-40-41-42-43-45-47-49-51-53-55-57-59-61-63-65-67-74(79)85-72(71-84-76(75(80)81)82-69-68-77(3,4)5)70-83-73(78)66-64-62-60-58-56-54-52-50-48-46-44-29-27-25-23-21-19-17-15-13-11-9-7-2/h8,10,14,16,19-22,25-28,31-32,34-35,37-38,44,46,72,76H,6-7,9,11-13,15,17-18,23-24,29-30,33,36,39-43,45,47-71H2,1-5H3/b10-8-,16-14-,21-19-,22-20-,27-25-,28-26-,32-31-,35-34-,38-37-,46-44-. The molecule has 0 aromatic rings. The maximum atomic E-state index is 12.9. The monoisotopic (exact) mass is 1180 g/mol.